The molecule has 0 spiro atoms. The highest BCUT2D eigenvalue weighted by Gasteiger charge is 2.40. The molecule has 1 fully saturated rings. The summed E-state index contributed by atoms with van der Waals surface area (Å²) < 4.78 is 0. The van der Waals surface area contributed by atoms with Gasteiger partial charge in [0, 0.05) is 19.4 Å². The maximum atomic E-state index is 11.9. The van der Waals surface area contributed by atoms with E-state index in [1.54, 1.807) is 0 Å². The SMILES string of the molecule is NC(=O)CC[C@H](N)C(=O)N1CC(O)C[C@H]1C(=O)O. The molecule has 0 aromatic rings. The Morgan fingerprint density at radius 3 is 2.50 bits per heavy atom. The summed E-state index contributed by atoms with van der Waals surface area (Å²) in [6.45, 7) is -0.0555. The zero-order valence-corrected chi connectivity index (χ0v) is 9.78. The lowest BCUT2D eigenvalue weighted by Crippen LogP contribution is -2.48. The Labute approximate surface area is 104 Å². The second-order valence-electron chi connectivity index (χ2n) is 4.35. The van der Waals surface area contributed by atoms with Crippen molar-refractivity contribution in [1.82, 2.24) is 4.90 Å². The molecule has 0 aromatic heterocycles. The van der Waals surface area contributed by atoms with Crippen molar-refractivity contribution in [2.75, 3.05) is 6.54 Å². The fraction of sp³-hybridized carbons (Fsp3) is 0.700. The number of aliphatic hydroxyl groups is 1. The van der Waals surface area contributed by atoms with Crippen LogP contribution in [0.15, 0.2) is 0 Å². The fourth-order valence-electron chi connectivity index (χ4n) is 1.93. The summed E-state index contributed by atoms with van der Waals surface area (Å²) >= 11 is 0. The Hall–Kier alpha value is -1.67. The molecule has 1 unspecified atom stereocenters. The highest BCUT2D eigenvalue weighted by atomic mass is 16.4. The van der Waals surface area contributed by atoms with Gasteiger partial charge in [0.2, 0.25) is 11.8 Å². The minimum atomic E-state index is -1.18. The maximum Gasteiger partial charge on any atom is 0.326 e. The normalized spacial score (nSPS) is 24.9. The average Bonchev–Trinajstić information content (AvgIpc) is 2.67. The Balaban J connectivity index is 2.64. The fourth-order valence-corrected chi connectivity index (χ4v) is 1.93. The molecule has 1 saturated heterocycles. The van der Waals surface area contributed by atoms with Gasteiger partial charge in [-0.25, -0.2) is 4.79 Å². The number of β-amino-alcohol motifs (C(OH)–C–C–N with tert-alkyl or cyclic N) is 1. The number of amides is 2. The molecule has 1 aliphatic heterocycles. The number of hydrogen-bond donors (Lipinski definition) is 4. The number of primary amides is 1. The van der Waals surface area contributed by atoms with E-state index in [9.17, 15) is 19.5 Å². The Morgan fingerprint density at radius 2 is 2.00 bits per heavy atom. The van der Waals surface area contributed by atoms with E-state index in [1.807, 2.05) is 0 Å². The van der Waals surface area contributed by atoms with Crippen LogP contribution < -0.4 is 11.5 Å². The third-order valence-electron chi connectivity index (χ3n) is 2.87. The van der Waals surface area contributed by atoms with Crippen LogP contribution in [0.1, 0.15) is 19.3 Å². The number of nitrogens with zero attached hydrogens (tertiary/aromatic N) is 1. The lowest BCUT2D eigenvalue weighted by atomic mass is 10.1. The minimum Gasteiger partial charge on any atom is -0.480 e. The van der Waals surface area contributed by atoms with Gasteiger partial charge in [-0.1, -0.05) is 0 Å². The van der Waals surface area contributed by atoms with E-state index in [0.29, 0.717) is 0 Å². The van der Waals surface area contributed by atoms with Gasteiger partial charge in [0.25, 0.3) is 0 Å². The van der Waals surface area contributed by atoms with Crippen LogP contribution in [0.5, 0.6) is 0 Å². The third kappa shape index (κ3) is 3.41. The number of likely N-dealkylation sites (tertiary alicyclic amines) is 1. The molecule has 0 radical (unpaired) electrons. The number of carboxylic acids is 1. The third-order valence-corrected chi connectivity index (χ3v) is 2.87. The molecule has 0 bridgehead atoms. The number of aliphatic hydroxyl groups excluding tert-OH is 1. The van der Waals surface area contributed by atoms with Gasteiger partial charge in [0.15, 0.2) is 0 Å². The van der Waals surface area contributed by atoms with Crippen LogP contribution in [-0.4, -0.2) is 57.6 Å². The number of carbonyl (C=O) groups excluding carboxylic acids is 2. The van der Waals surface area contributed by atoms with Crippen LogP contribution in [0.3, 0.4) is 0 Å². The molecule has 1 rings (SSSR count). The predicted molar refractivity (Wildman–Crippen MR) is 60.2 cm³/mol. The molecule has 8 heteroatoms. The van der Waals surface area contributed by atoms with Crippen LogP contribution in [-0.2, 0) is 14.4 Å². The van der Waals surface area contributed by atoms with Crippen LogP contribution in [0, 0.1) is 0 Å². The van der Waals surface area contributed by atoms with Gasteiger partial charge in [-0.3, -0.25) is 9.59 Å². The second-order valence-corrected chi connectivity index (χ2v) is 4.35. The molecule has 0 saturated carbocycles. The van der Waals surface area contributed by atoms with Crippen LogP contribution in [0.4, 0.5) is 0 Å². The van der Waals surface area contributed by atoms with E-state index in [0.717, 1.165) is 4.90 Å². The van der Waals surface area contributed by atoms with E-state index in [1.165, 1.54) is 0 Å². The largest absolute Gasteiger partial charge is 0.480 e. The molecule has 102 valence electrons. The first-order valence-corrected chi connectivity index (χ1v) is 5.58. The topological polar surface area (TPSA) is 147 Å². The van der Waals surface area contributed by atoms with E-state index >= 15 is 0 Å². The lowest BCUT2D eigenvalue weighted by Gasteiger charge is -2.24. The smallest absolute Gasteiger partial charge is 0.326 e. The zero-order chi connectivity index (χ0) is 13.9. The average molecular weight is 259 g/mol. The number of nitrogens with two attached hydrogens (primary N) is 2. The standard InChI is InChI=1S/C10H17N3O5/c11-6(1-2-8(12)15)9(16)13-4-5(14)3-7(13)10(17)18/h5-7,14H,1-4,11H2,(H2,12,15)(H,17,18)/t5?,6-,7-/m0/s1. The van der Waals surface area contributed by atoms with Crippen molar-refractivity contribution < 1.29 is 24.6 Å². The molecular formula is C10H17N3O5. The van der Waals surface area contributed by atoms with Crippen molar-refractivity contribution in [2.45, 2.75) is 37.5 Å². The summed E-state index contributed by atoms with van der Waals surface area (Å²) in [5.41, 5.74) is 10.5. The molecule has 0 aliphatic carbocycles. The summed E-state index contributed by atoms with van der Waals surface area (Å²) in [5.74, 6) is -2.34. The van der Waals surface area contributed by atoms with Gasteiger partial charge < -0.3 is 26.6 Å². The number of rotatable bonds is 5. The Kier molecular flexibility index (Phi) is 4.62. The van der Waals surface area contributed by atoms with Crippen molar-refractivity contribution in [2.24, 2.45) is 11.5 Å². The summed E-state index contributed by atoms with van der Waals surface area (Å²) in [4.78, 5) is 34.4. The maximum absolute atomic E-state index is 11.9. The van der Waals surface area contributed by atoms with Crippen LogP contribution >= 0.6 is 0 Å². The minimum absolute atomic E-state index is 0.0103. The predicted octanol–water partition coefficient (Wildman–Crippen LogP) is -2.37. The molecule has 6 N–H and O–H groups in total. The van der Waals surface area contributed by atoms with Gasteiger partial charge in [0.1, 0.15) is 6.04 Å². The van der Waals surface area contributed by atoms with Gasteiger partial charge in [-0.05, 0) is 6.42 Å². The van der Waals surface area contributed by atoms with E-state index in [-0.39, 0.29) is 25.8 Å². The van der Waals surface area contributed by atoms with E-state index in [2.05, 4.69) is 0 Å². The van der Waals surface area contributed by atoms with Crippen molar-refractivity contribution in [3.8, 4) is 0 Å². The zero-order valence-electron chi connectivity index (χ0n) is 9.78. The number of carbonyl (C=O) groups is 3. The molecule has 18 heavy (non-hydrogen) atoms. The first-order valence-electron chi connectivity index (χ1n) is 5.58. The molecule has 8 nitrogen and oxygen atoms in total. The molecule has 3 atom stereocenters. The number of carboxylic acid groups (broad SMARTS) is 1. The monoisotopic (exact) mass is 259 g/mol. The van der Waals surface area contributed by atoms with E-state index in [4.69, 9.17) is 16.6 Å². The Morgan fingerprint density at radius 1 is 1.39 bits per heavy atom. The first kappa shape index (κ1) is 14.4. The summed E-state index contributed by atoms with van der Waals surface area (Å²) in [6, 6.07) is -2.04. The first-order chi connectivity index (χ1) is 8.32. The van der Waals surface area contributed by atoms with Gasteiger partial charge in [-0.15, -0.1) is 0 Å². The van der Waals surface area contributed by atoms with Crippen LogP contribution in [0.2, 0.25) is 0 Å². The highest BCUT2D eigenvalue weighted by molar-refractivity contribution is 5.88. The van der Waals surface area contributed by atoms with Gasteiger partial charge >= 0.3 is 5.97 Å². The van der Waals surface area contributed by atoms with Gasteiger partial charge in [0.05, 0.1) is 12.1 Å². The van der Waals surface area contributed by atoms with Crippen molar-refractivity contribution in [3.63, 3.8) is 0 Å². The molecular weight excluding hydrogens is 242 g/mol. The summed E-state index contributed by atoms with van der Waals surface area (Å²) in [5, 5.41) is 18.3. The molecule has 2 amide bonds. The van der Waals surface area contributed by atoms with Crippen LogP contribution in [0.25, 0.3) is 0 Å². The Bertz CT molecular complexity index is 359. The lowest BCUT2D eigenvalue weighted by molar-refractivity contribution is -0.148. The van der Waals surface area contributed by atoms with Crippen molar-refractivity contribution in [1.29, 1.82) is 0 Å². The molecule has 1 aliphatic rings. The quantitative estimate of drug-likeness (QED) is 0.433. The molecule has 0 aromatic carbocycles. The van der Waals surface area contributed by atoms with E-state index < -0.39 is 36.0 Å². The van der Waals surface area contributed by atoms with Gasteiger partial charge in [-0.2, -0.15) is 0 Å². The van der Waals surface area contributed by atoms with Crippen molar-refractivity contribution >= 4 is 17.8 Å². The highest BCUT2D eigenvalue weighted by Crippen LogP contribution is 2.19. The number of aliphatic carboxylic acids is 1. The second kappa shape index (κ2) is 5.78. The number of hydrogen-bond acceptors (Lipinski definition) is 5. The summed E-state index contributed by atoms with van der Waals surface area (Å²) in [7, 11) is 0. The van der Waals surface area contributed by atoms with Crippen molar-refractivity contribution in [3.05, 3.63) is 0 Å². The molecule has 1 heterocycles. The summed E-state index contributed by atoms with van der Waals surface area (Å²) in [6.07, 6.45) is -0.851.